The van der Waals surface area contributed by atoms with E-state index in [2.05, 4.69) is 10.4 Å². The van der Waals surface area contributed by atoms with E-state index >= 15 is 0 Å². The zero-order chi connectivity index (χ0) is 21.5. The molecule has 8 heteroatoms. The molecule has 0 aliphatic heterocycles. The zero-order valence-corrected chi connectivity index (χ0v) is 16.9. The molecule has 1 N–H and O–H groups in total. The number of aromatic nitrogens is 2. The Kier molecular flexibility index (Phi) is 7.13. The summed E-state index contributed by atoms with van der Waals surface area (Å²) >= 11 is 0. The Morgan fingerprint density at radius 1 is 1.10 bits per heavy atom. The van der Waals surface area contributed by atoms with Crippen LogP contribution in [0.3, 0.4) is 0 Å². The Balaban J connectivity index is 1.79. The number of amides is 1. The van der Waals surface area contributed by atoms with E-state index in [0.717, 1.165) is 36.7 Å². The molecule has 6 nitrogen and oxygen atoms in total. The molecular weight excluding hydrogens is 390 g/mol. The second-order valence-corrected chi connectivity index (χ2v) is 7.13. The summed E-state index contributed by atoms with van der Waals surface area (Å²) < 4.78 is 34.1. The number of carbonyl (C=O) groups is 1. The van der Waals surface area contributed by atoms with Gasteiger partial charge in [-0.2, -0.15) is 0 Å². The van der Waals surface area contributed by atoms with Gasteiger partial charge in [0.15, 0.2) is 0 Å². The van der Waals surface area contributed by atoms with E-state index in [-0.39, 0.29) is 11.4 Å². The average molecular weight is 414 g/mol. The van der Waals surface area contributed by atoms with Crippen LogP contribution in [0.15, 0.2) is 54.6 Å². The maximum Gasteiger partial charge on any atom is 0.274 e. The summed E-state index contributed by atoms with van der Waals surface area (Å²) in [7, 11) is 3.96. The van der Waals surface area contributed by atoms with Gasteiger partial charge in [-0.15, -0.1) is 5.10 Å². The molecular formula is C22H24F2N4O2. The van der Waals surface area contributed by atoms with E-state index in [1.54, 1.807) is 0 Å². The van der Waals surface area contributed by atoms with Crippen molar-refractivity contribution in [2.24, 2.45) is 0 Å². The lowest BCUT2D eigenvalue weighted by molar-refractivity contribution is 0.101. The Morgan fingerprint density at radius 2 is 1.80 bits per heavy atom. The third-order valence-electron chi connectivity index (χ3n) is 4.29. The minimum absolute atomic E-state index is 0.0263. The third-order valence-corrected chi connectivity index (χ3v) is 4.29. The number of halogens is 2. The Hall–Kier alpha value is -3.26. The monoisotopic (exact) mass is 414 g/mol. The van der Waals surface area contributed by atoms with Gasteiger partial charge >= 0.3 is 0 Å². The fourth-order valence-corrected chi connectivity index (χ4v) is 2.90. The largest absolute Gasteiger partial charge is 0.477 e. The zero-order valence-electron chi connectivity index (χ0n) is 16.9. The van der Waals surface area contributed by atoms with E-state index in [1.165, 1.54) is 10.7 Å². The number of nitrogens with zero attached hydrogens (tertiary/aromatic N) is 3. The summed E-state index contributed by atoms with van der Waals surface area (Å²) in [4.78, 5) is 14.9. The maximum absolute atomic E-state index is 13.4. The maximum atomic E-state index is 13.4. The molecule has 1 aromatic heterocycles. The summed E-state index contributed by atoms with van der Waals surface area (Å²) in [5.41, 5.74) is 1.20. The molecule has 0 aliphatic carbocycles. The highest BCUT2D eigenvalue weighted by Crippen LogP contribution is 2.18. The number of rotatable bonds is 9. The molecule has 0 bridgehead atoms. The molecule has 1 amide bonds. The first-order valence-electron chi connectivity index (χ1n) is 9.57. The molecule has 3 aromatic rings. The molecule has 1 heterocycles. The van der Waals surface area contributed by atoms with Crippen molar-refractivity contribution in [2.75, 3.05) is 32.6 Å². The lowest BCUT2D eigenvalue weighted by Crippen LogP contribution is -2.18. The van der Waals surface area contributed by atoms with Gasteiger partial charge in [0.2, 0.25) is 5.88 Å². The number of hydrogen-bond donors (Lipinski definition) is 1. The second kappa shape index (κ2) is 9.98. The highest BCUT2D eigenvalue weighted by atomic mass is 19.1. The number of nitrogens with one attached hydrogen (secondary N) is 1. The van der Waals surface area contributed by atoms with Gasteiger partial charge in [0, 0.05) is 24.4 Å². The van der Waals surface area contributed by atoms with Crippen molar-refractivity contribution in [3.05, 3.63) is 77.5 Å². The highest BCUT2D eigenvalue weighted by Gasteiger charge is 2.17. The lowest BCUT2D eigenvalue weighted by Gasteiger charge is -2.09. The number of anilines is 1. The predicted octanol–water partition coefficient (Wildman–Crippen LogP) is 3.79. The molecule has 0 saturated heterocycles. The highest BCUT2D eigenvalue weighted by molar-refractivity contribution is 6.03. The molecule has 30 heavy (non-hydrogen) atoms. The quantitative estimate of drug-likeness (QED) is 0.541. The summed E-state index contributed by atoms with van der Waals surface area (Å²) in [6.45, 7) is 1.67. The van der Waals surface area contributed by atoms with Gasteiger partial charge < -0.3 is 15.0 Å². The molecule has 158 valence electrons. The van der Waals surface area contributed by atoms with E-state index < -0.39 is 17.5 Å². The standard InChI is InChI=1S/C22H24F2N4O2/c1-27(2)9-6-10-30-21-14-20(28(26-21)15-16-7-4-3-5-8-16)22(29)25-19-12-17(23)11-18(24)13-19/h3-5,7-8,11-14H,6,9-10,15H2,1-2H3,(H,25,29). The van der Waals surface area contributed by atoms with Crippen molar-refractivity contribution < 1.29 is 18.3 Å². The van der Waals surface area contributed by atoms with Gasteiger partial charge in [-0.05, 0) is 38.2 Å². The smallest absolute Gasteiger partial charge is 0.274 e. The fraction of sp³-hybridized carbons (Fsp3) is 0.273. The third kappa shape index (κ3) is 6.12. The van der Waals surface area contributed by atoms with Crippen molar-refractivity contribution in [2.45, 2.75) is 13.0 Å². The summed E-state index contributed by atoms with van der Waals surface area (Å²) in [6.07, 6.45) is 0.808. The van der Waals surface area contributed by atoms with Crippen LogP contribution in [-0.4, -0.2) is 47.8 Å². The van der Waals surface area contributed by atoms with Gasteiger partial charge in [-0.3, -0.25) is 9.48 Å². The molecule has 0 fully saturated rings. The summed E-state index contributed by atoms with van der Waals surface area (Å²) in [6, 6.07) is 13.9. The fourth-order valence-electron chi connectivity index (χ4n) is 2.90. The van der Waals surface area contributed by atoms with Crippen molar-refractivity contribution in [1.82, 2.24) is 14.7 Å². The Morgan fingerprint density at radius 3 is 2.47 bits per heavy atom. The Labute approximate surface area is 174 Å². The Bertz CT molecular complexity index is 970. The second-order valence-electron chi connectivity index (χ2n) is 7.13. The molecule has 2 aromatic carbocycles. The molecule has 0 unspecified atom stereocenters. The number of carbonyl (C=O) groups excluding carboxylic acids is 1. The molecule has 0 spiro atoms. The van der Waals surface area contributed by atoms with Crippen LogP contribution in [0.1, 0.15) is 22.5 Å². The van der Waals surface area contributed by atoms with Gasteiger partial charge in [0.05, 0.1) is 13.2 Å². The first kappa shape index (κ1) is 21.4. The molecule has 3 rings (SSSR count). The van der Waals surface area contributed by atoms with Crippen molar-refractivity contribution in [3.8, 4) is 5.88 Å². The van der Waals surface area contributed by atoms with Crippen LogP contribution >= 0.6 is 0 Å². The van der Waals surface area contributed by atoms with E-state index in [9.17, 15) is 13.6 Å². The van der Waals surface area contributed by atoms with Crippen LogP contribution in [-0.2, 0) is 6.54 Å². The van der Waals surface area contributed by atoms with Crippen molar-refractivity contribution >= 4 is 11.6 Å². The molecule has 0 radical (unpaired) electrons. The minimum atomic E-state index is -0.770. The molecule has 0 aliphatic rings. The van der Waals surface area contributed by atoms with Gasteiger partial charge in [-0.25, -0.2) is 8.78 Å². The van der Waals surface area contributed by atoms with E-state index in [0.29, 0.717) is 19.0 Å². The van der Waals surface area contributed by atoms with Crippen molar-refractivity contribution in [1.29, 1.82) is 0 Å². The van der Waals surface area contributed by atoms with Gasteiger partial charge in [-0.1, -0.05) is 30.3 Å². The average Bonchev–Trinajstić information content (AvgIpc) is 3.08. The topological polar surface area (TPSA) is 59.4 Å². The molecule has 0 atom stereocenters. The van der Waals surface area contributed by atoms with Crippen LogP contribution in [0.4, 0.5) is 14.5 Å². The first-order chi connectivity index (χ1) is 14.4. The van der Waals surface area contributed by atoms with E-state index in [4.69, 9.17) is 4.74 Å². The first-order valence-corrected chi connectivity index (χ1v) is 9.57. The summed E-state index contributed by atoms with van der Waals surface area (Å²) in [5, 5.41) is 6.91. The predicted molar refractivity (Wildman–Crippen MR) is 111 cm³/mol. The van der Waals surface area contributed by atoms with Crippen LogP contribution in [0, 0.1) is 11.6 Å². The van der Waals surface area contributed by atoms with Crippen LogP contribution < -0.4 is 10.1 Å². The lowest BCUT2D eigenvalue weighted by atomic mass is 10.2. The normalized spacial score (nSPS) is 11.0. The molecule has 0 saturated carbocycles. The van der Waals surface area contributed by atoms with Crippen LogP contribution in [0.2, 0.25) is 0 Å². The van der Waals surface area contributed by atoms with Gasteiger partial charge in [0.1, 0.15) is 17.3 Å². The minimum Gasteiger partial charge on any atom is -0.477 e. The van der Waals surface area contributed by atoms with E-state index in [1.807, 2.05) is 49.3 Å². The van der Waals surface area contributed by atoms with Crippen LogP contribution in [0.25, 0.3) is 0 Å². The SMILES string of the molecule is CN(C)CCCOc1cc(C(=O)Nc2cc(F)cc(F)c2)n(Cc2ccccc2)n1. The number of benzene rings is 2. The number of hydrogen-bond acceptors (Lipinski definition) is 4. The summed E-state index contributed by atoms with van der Waals surface area (Å²) in [5.74, 6) is -1.76. The van der Waals surface area contributed by atoms with Crippen molar-refractivity contribution in [3.63, 3.8) is 0 Å². The van der Waals surface area contributed by atoms with Crippen LogP contribution in [0.5, 0.6) is 5.88 Å². The number of ether oxygens (including phenoxy) is 1. The van der Waals surface area contributed by atoms with Gasteiger partial charge in [0.25, 0.3) is 5.91 Å².